The van der Waals surface area contributed by atoms with Crippen molar-refractivity contribution in [3.05, 3.63) is 114 Å². The third-order valence-corrected chi connectivity index (χ3v) is 7.52. The van der Waals surface area contributed by atoms with E-state index in [0.717, 1.165) is 22.4 Å². The van der Waals surface area contributed by atoms with E-state index in [1.807, 2.05) is 97.1 Å². The number of benzene rings is 3. The zero-order valence-corrected chi connectivity index (χ0v) is 25.1. The van der Waals surface area contributed by atoms with Gasteiger partial charge in [0.05, 0.1) is 18.6 Å². The third kappa shape index (κ3) is 11.0. The Morgan fingerprint density at radius 1 is 0.909 bits per heavy atom. The minimum Gasteiger partial charge on any atom is -0.489 e. The molecule has 2 amide bonds. The first-order chi connectivity index (χ1) is 21.5. The lowest BCUT2D eigenvalue weighted by Crippen LogP contribution is -2.44. The van der Waals surface area contributed by atoms with E-state index in [4.69, 9.17) is 9.47 Å². The molecule has 1 aliphatic rings. The Morgan fingerprint density at radius 3 is 2.32 bits per heavy atom. The number of amides is 2. The van der Waals surface area contributed by atoms with Gasteiger partial charge in [-0.15, -0.1) is 0 Å². The SMILES string of the molecule is O=C1CCCC=CCC(CC(=O)N(CCO)Cc2ccccc2)C(=O)NC(Cc2ccc(OCc3ccccc3)cc2)CO1. The highest BCUT2D eigenvalue weighted by Crippen LogP contribution is 2.19. The van der Waals surface area contributed by atoms with Gasteiger partial charge in [0.25, 0.3) is 0 Å². The molecule has 232 valence electrons. The van der Waals surface area contributed by atoms with E-state index in [2.05, 4.69) is 5.32 Å². The summed E-state index contributed by atoms with van der Waals surface area (Å²) in [5.74, 6) is -0.641. The Hall–Kier alpha value is -4.43. The first kappa shape index (κ1) is 32.5. The van der Waals surface area contributed by atoms with Crippen molar-refractivity contribution < 1.29 is 29.0 Å². The second-order valence-electron chi connectivity index (χ2n) is 11.0. The molecule has 0 saturated carbocycles. The van der Waals surface area contributed by atoms with Crippen LogP contribution in [0.3, 0.4) is 0 Å². The fraction of sp³-hybridized carbons (Fsp3) is 0.361. The molecule has 0 bridgehead atoms. The van der Waals surface area contributed by atoms with Crippen molar-refractivity contribution in [3.63, 3.8) is 0 Å². The minimum atomic E-state index is -0.608. The largest absolute Gasteiger partial charge is 0.489 e. The quantitative estimate of drug-likeness (QED) is 0.238. The molecule has 1 aliphatic heterocycles. The van der Waals surface area contributed by atoms with Gasteiger partial charge in [-0.1, -0.05) is 84.9 Å². The molecule has 3 aromatic rings. The molecule has 0 spiro atoms. The van der Waals surface area contributed by atoms with Gasteiger partial charge in [0, 0.05) is 25.9 Å². The van der Waals surface area contributed by atoms with E-state index >= 15 is 0 Å². The molecule has 0 fully saturated rings. The first-order valence-electron chi connectivity index (χ1n) is 15.3. The van der Waals surface area contributed by atoms with E-state index in [0.29, 0.717) is 45.3 Å². The van der Waals surface area contributed by atoms with Crippen LogP contribution in [0.4, 0.5) is 0 Å². The summed E-state index contributed by atoms with van der Waals surface area (Å²) in [4.78, 5) is 41.0. The van der Waals surface area contributed by atoms with Gasteiger partial charge >= 0.3 is 5.97 Å². The molecule has 4 rings (SSSR count). The number of nitrogens with zero attached hydrogens (tertiary/aromatic N) is 1. The second kappa shape index (κ2) is 17.6. The van der Waals surface area contributed by atoms with Crippen LogP contribution in [-0.2, 0) is 38.7 Å². The Labute approximate surface area is 259 Å². The summed E-state index contributed by atoms with van der Waals surface area (Å²) in [5.41, 5.74) is 2.98. The van der Waals surface area contributed by atoms with Crippen LogP contribution in [0.1, 0.15) is 48.8 Å². The molecule has 0 aromatic heterocycles. The van der Waals surface area contributed by atoms with Crippen molar-refractivity contribution in [3.8, 4) is 5.75 Å². The van der Waals surface area contributed by atoms with Crippen LogP contribution in [0.5, 0.6) is 5.75 Å². The van der Waals surface area contributed by atoms with Gasteiger partial charge in [0.2, 0.25) is 11.8 Å². The number of cyclic esters (lactones) is 1. The lowest BCUT2D eigenvalue weighted by molar-refractivity contribution is -0.145. The molecule has 1 heterocycles. The number of aliphatic hydroxyl groups excluding tert-OH is 1. The molecule has 2 N–H and O–H groups in total. The lowest BCUT2D eigenvalue weighted by atomic mass is 9.97. The predicted molar refractivity (Wildman–Crippen MR) is 168 cm³/mol. The third-order valence-electron chi connectivity index (χ3n) is 7.52. The molecule has 0 aliphatic carbocycles. The fourth-order valence-corrected chi connectivity index (χ4v) is 5.07. The van der Waals surface area contributed by atoms with Crippen molar-refractivity contribution in [1.82, 2.24) is 10.2 Å². The number of hydrogen-bond acceptors (Lipinski definition) is 6. The standard InChI is InChI=1S/C36H42N2O6/c39-22-21-38(25-29-11-5-3-6-12-29)34(40)24-31-15-9-1-2-10-16-35(41)44-27-32(37-36(31)42)23-28-17-19-33(20-18-28)43-26-30-13-7-4-8-14-30/h1,3-9,11-14,17-20,31-32,39H,2,10,15-16,21-27H2,(H,37,42). The van der Waals surface area contributed by atoms with Crippen LogP contribution in [0.25, 0.3) is 0 Å². The maximum absolute atomic E-state index is 13.6. The van der Waals surface area contributed by atoms with Crippen LogP contribution in [0, 0.1) is 5.92 Å². The Bertz CT molecular complexity index is 1340. The van der Waals surface area contributed by atoms with Crippen molar-refractivity contribution >= 4 is 17.8 Å². The number of hydrogen-bond donors (Lipinski definition) is 2. The molecule has 3 aromatic carbocycles. The highest BCUT2D eigenvalue weighted by Gasteiger charge is 2.27. The van der Waals surface area contributed by atoms with Crippen LogP contribution in [0.2, 0.25) is 0 Å². The molecule has 0 saturated heterocycles. The van der Waals surface area contributed by atoms with Crippen LogP contribution in [0.15, 0.2) is 97.1 Å². The van der Waals surface area contributed by atoms with E-state index in [1.54, 1.807) is 4.90 Å². The molecular formula is C36H42N2O6. The molecule has 0 radical (unpaired) electrons. The zero-order valence-electron chi connectivity index (χ0n) is 25.1. The lowest BCUT2D eigenvalue weighted by Gasteiger charge is -2.26. The monoisotopic (exact) mass is 598 g/mol. The summed E-state index contributed by atoms with van der Waals surface area (Å²) >= 11 is 0. The summed E-state index contributed by atoms with van der Waals surface area (Å²) < 4.78 is 11.4. The highest BCUT2D eigenvalue weighted by atomic mass is 16.5. The van der Waals surface area contributed by atoms with Crippen LogP contribution in [-0.4, -0.2) is 53.6 Å². The molecule has 2 unspecified atom stereocenters. The molecular weight excluding hydrogens is 556 g/mol. The zero-order chi connectivity index (χ0) is 31.0. The number of esters is 1. The normalized spacial score (nSPS) is 17.8. The van der Waals surface area contributed by atoms with E-state index in [9.17, 15) is 19.5 Å². The van der Waals surface area contributed by atoms with Gasteiger partial charge in [0.1, 0.15) is 19.0 Å². The van der Waals surface area contributed by atoms with Crippen molar-refractivity contribution in [2.75, 3.05) is 19.8 Å². The van der Waals surface area contributed by atoms with Crippen molar-refractivity contribution in [1.29, 1.82) is 0 Å². The topological polar surface area (TPSA) is 105 Å². The minimum absolute atomic E-state index is 0.00294. The maximum Gasteiger partial charge on any atom is 0.305 e. The summed E-state index contributed by atoms with van der Waals surface area (Å²) in [5, 5.41) is 12.7. The average Bonchev–Trinajstić information content (AvgIpc) is 3.05. The van der Waals surface area contributed by atoms with E-state index < -0.39 is 12.0 Å². The number of ether oxygens (including phenoxy) is 2. The predicted octanol–water partition coefficient (Wildman–Crippen LogP) is 4.99. The summed E-state index contributed by atoms with van der Waals surface area (Å²) in [6.45, 7) is 0.870. The van der Waals surface area contributed by atoms with Gasteiger partial charge in [-0.3, -0.25) is 14.4 Å². The van der Waals surface area contributed by atoms with E-state index in [-0.39, 0.29) is 44.0 Å². The smallest absolute Gasteiger partial charge is 0.305 e. The van der Waals surface area contributed by atoms with Gasteiger partial charge in [-0.25, -0.2) is 0 Å². The van der Waals surface area contributed by atoms with Crippen molar-refractivity contribution in [2.45, 2.75) is 57.7 Å². The fourth-order valence-electron chi connectivity index (χ4n) is 5.07. The van der Waals surface area contributed by atoms with Crippen molar-refractivity contribution in [2.24, 2.45) is 5.92 Å². The Morgan fingerprint density at radius 2 is 1.61 bits per heavy atom. The maximum atomic E-state index is 13.6. The number of allylic oxidation sites excluding steroid dienone is 2. The van der Waals surface area contributed by atoms with Gasteiger partial charge in [-0.2, -0.15) is 0 Å². The molecule has 2 atom stereocenters. The van der Waals surface area contributed by atoms with Gasteiger partial charge in [0.15, 0.2) is 0 Å². The second-order valence-corrected chi connectivity index (χ2v) is 11.0. The van der Waals surface area contributed by atoms with Gasteiger partial charge in [-0.05, 0) is 54.5 Å². The number of carbonyl (C=O) groups is 3. The van der Waals surface area contributed by atoms with Crippen LogP contribution < -0.4 is 10.1 Å². The number of rotatable bonds is 11. The Kier molecular flexibility index (Phi) is 13.0. The average molecular weight is 599 g/mol. The molecule has 8 heteroatoms. The molecule has 44 heavy (non-hydrogen) atoms. The number of carbonyl (C=O) groups excluding carboxylic acids is 3. The summed E-state index contributed by atoms with van der Waals surface area (Å²) in [6, 6.07) is 26.7. The Balaban J connectivity index is 1.43. The summed E-state index contributed by atoms with van der Waals surface area (Å²) in [6.07, 6.45) is 6.34. The highest BCUT2D eigenvalue weighted by molar-refractivity contribution is 5.86. The van der Waals surface area contributed by atoms with Crippen LogP contribution >= 0.6 is 0 Å². The van der Waals surface area contributed by atoms with E-state index in [1.165, 1.54) is 0 Å². The molecule has 8 nitrogen and oxygen atoms in total. The summed E-state index contributed by atoms with van der Waals surface area (Å²) in [7, 11) is 0. The number of aliphatic hydroxyl groups is 1. The first-order valence-corrected chi connectivity index (χ1v) is 15.3. The number of nitrogens with one attached hydrogen (secondary N) is 1. The van der Waals surface area contributed by atoms with Gasteiger partial charge < -0.3 is 24.8 Å².